The Kier molecular flexibility index (Phi) is 10.1. The maximum absolute atomic E-state index is 12.7. The van der Waals surface area contributed by atoms with Crippen molar-refractivity contribution in [2.75, 3.05) is 20.2 Å². The smallest absolute Gasteiger partial charge is 0.496 e. The van der Waals surface area contributed by atoms with Crippen LogP contribution in [0.5, 0.6) is 11.5 Å². The number of hydrazine groups is 1. The van der Waals surface area contributed by atoms with E-state index < -0.39 is 41.7 Å². The van der Waals surface area contributed by atoms with Gasteiger partial charge in [-0.2, -0.15) is 18.4 Å². The van der Waals surface area contributed by atoms with Crippen LogP contribution in [0, 0.1) is 11.3 Å². The van der Waals surface area contributed by atoms with Crippen LogP contribution in [-0.2, 0) is 11.0 Å². The Hall–Kier alpha value is -4.49. The van der Waals surface area contributed by atoms with E-state index in [-0.39, 0.29) is 35.7 Å². The molecule has 0 aromatic heterocycles. The molecule has 1 unspecified atom stereocenters. The second-order valence-corrected chi connectivity index (χ2v) is 7.71. The molecule has 10 nitrogen and oxygen atoms in total. The predicted octanol–water partition coefficient (Wildman–Crippen LogP) is 1.98. The third-order valence-corrected chi connectivity index (χ3v) is 4.90. The molecule has 0 saturated heterocycles. The normalized spacial score (nSPS) is 12.7. The average Bonchev–Trinajstić information content (AvgIpc) is 2.85. The van der Waals surface area contributed by atoms with Crippen LogP contribution in [0.15, 0.2) is 54.4 Å². The van der Waals surface area contributed by atoms with Gasteiger partial charge in [-0.15, -0.1) is 13.2 Å². The summed E-state index contributed by atoms with van der Waals surface area (Å²) in [5.74, 6) is 3.50. The summed E-state index contributed by atoms with van der Waals surface area (Å²) in [5.41, 5.74) is 2.46. The van der Waals surface area contributed by atoms with Gasteiger partial charge >= 0.3 is 18.4 Å². The molecule has 0 bridgehead atoms. The van der Waals surface area contributed by atoms with Gasteiger partial charge in [0, 0.05) is 12.6 Å². The zero-order chi connectivity index (χ0) is 29.4. The molecule has 39 heavy (non-hydrogen) atoms. The third kappa shape index (κ3) is 9.39. The zero-order valence-corrected chi connectivity index (χ0v) is 20.2. The molecular formula is C23H23F6N6O4+. The van der Waals surface area contributed by atoms with Gasteiger partial charge in [-0.05, 0) is 29.8 Å². The van der Waals surface area contributed by atoms with Crippen molar-refractivity contribution < 1.29 is 51.1 Å². The minimum Gasteiger partial charge on any atom is -0.496 e. The second-order valence-electron chi connectivity index (χ2n) is 7.71. The van der Waals surface area contributed by atoms with Gasteiger partial charge in [0.15, 0.2) is 0 Å². The van der Waals surface area contributed by atoms with Crippen LogP contribution >= 0.6 is 0 Å². The van der Waals surface area contributed by atoms with E-state index in [9.17, 15) is 41.2 Å². The van der Waals surface area contributed by atoms with Crippen molar-refractivity contribution in [2.24, 2.45) is 5.84 Å². The zero-order valence-electron chi connectivity index (χ0n) is 20.2. The number of hydrogen-bond donors (Lipinski definition) is 4. The second kappa shape index (κ2) is 12.8. The number of halogens is 6. The van der Waals surface area contributed by atoms with Gasteiger partial charge in [-0.1, -0.05) is 12.1 Å². The molecule has 2 amide bonds. The van der Waals surface area contributed by atoms with Crippen LogP contribution in [0.3, 0.4) is 0 Å². The number of nitrogens with one attached hydrogen (secondary N) is 2. The van der Waals surface area contributed by atoms with Crippen LogP contribution in [0.4, 0.5) is 26.3 Å². The quantitative estimate of drug-likeness (QED) is 0.150. The fraction of sp³-hybridized carbons (Fsp3) is 0.261. The van der Waals surface area contributed by atoms with Crippen LogP contribution in [0.2, 0.25) is 0 Å². The molecule has 0 heterocycles. The number of methoxy groups -OCH3 is 1. The number of nitriles is 1. The summed E-state index contributed by atoms with van der Waals surface area (Å²) in [7, 11) is 1.16. The topological polar surface area (TPSA) is 157 Å². The van der Waals surface area contributed by atoms with Gasteiger partial charge in [0.2, 0.25) is 5.70 Å². The highest BCUT2D eigenvalue weighted by Crippen LogP contribution is 2.30. The first-order valence-electron chi connectivity index (χ1n) is 10.8. The van der Waals surface area contributed by atoms with E-state index in [0.717, 1.165) is 60.8 Å². The molecule has 2 aromatic rings. The Bertz CT molecular complexity index is 1240. The number of nitrogens with two attached hydrogens (primary N) is 1. The number of amides is 2. The lowest BCUT2D eigenvalue weighted by Gasteiger charge is -2.16. The number of rotatable bonds is 10. The van der Waals surface area contributed by atoms with Crippen molar-refractivity contribution in [2.45, 2.75) is 18.6 Å². The summed E-state index contributed by atoms with van der Waals surface area (Å²) in [6.07, 6.45) is -8.37. The van der Waals surface area contributed by atoms with Gasteiger partial charge in [0.05, 0.1) is 37.1 Å². The van der Waals surface area contributed by atoms with E-state index in [0.29, 0.717) is 0 Å². The molecule has 210 valence electrons. The first-order chi connectivity index (χ1) is 18.1. The number of ether oxygens (including phenoxy) is 2. The molecule has 0 saturated carbocycles. The lowest BCUT2D eigenvalue weighted by molar-refractivity contribution is -0.300. The third-order valence-electron chi connectivity index (χ3n) is 4.90. The first-order valence-corrected chi connectivity index (χ1v) is 10.8. The highest BCUT2D eigenvalue weighted by Gasteiger charge is 2.32. The molecule has 0 aliphatic heterocycles. The van der Waals surface area contributed by atoms with E-state index in [1.54, 1.807) is 6.07 Å². The van der Waals surface area contributed by atoms with E-state index in [2.05, 4.69) is 21.1 Å². The summed E-state index contributed by atoms with van der Waals surface area (Å²) in [6, 6.07) is 7.10. The molecule has 2 aromatic carbocycles. The molecule has 16 heteroatoms. The summed E-state index contributed by atoms with van der Waals surface area (Å²) >= 11 is 0. The molecule has 0 radical (unpaired) electrons. The molecule has 0 spiro atoms. The highest BCUT2D eigenvalue weighted by molar-refractivity contribution is 5.97. The minimum absolute atomic E-state index is 0.0454. The van der Waals surface area contributed by atoms with Crippen molar-refractivity contribution in [1.82, 2.24) is 15.6 Å². The molecule has 2 rings (SSSR count). The number of benzene rings is 2. The predicted molar refractivity (Wildman–Crippen MR) is 122 cm³/mol. The Morgan fingerprint density at radius 1 is 1.15 bits per heavy atom. The van der Waals surface area contributed by atoms with Gasteiger partial charge in [0.1, 0.15) is 17.5 Å². The summed E-state index contributed by atoms with van der Waals surface area (Å²) in [5, 5.41) is 15.1. The van der Waals surface area contributed by atoms with Crippen LogP contribution in [0.1, 0.15) is 27.5 Å². The summed E-state index contributed by atoms with van der Waals surface area (Å²) < 4.78 is 84.0. The number of carbonyl (C=O) groups excluding carboxylic acids is 2. The number of alkyl halides is 6. The lowest BCUT2D eigenvalue weighted by atomic mass is 10.1. The van der Waals surface area contributed by atoms with Gasteiger partial charge in [-0.3, -0.25) is 9.59 Å². The Balaban J connectivity index is 1.93. The van der Waals surface area contributed by atoms with Crippen LogP contribution < -0.4 is 31.7 Å². The molecule has 1 atom stereocenters. The van der Waals surface area contributed by atoms with Crippen molar-refractivity contribution in [3.05, 3.63) is 71.1 Å². The van der Waals surface area contributed by atoms with Crippen LogP contribution in [0.25, 0.3) is 0 Å². The number of hydrogen-bond acceptors (Lipinski definition) is 7. The molecule has 7 N–H and O–H groups in total. The fourth-order valence-electron chi connectivity index (χ4n) is 3.05. The Labute approximate surface area is 217 Å². The van der Waals surface area contributed by atoms with Crippen molar-refractivity contribution in [1.29, 1.82) is 5.26 Å². The Morgan fingerprint density at radius 3 is 2.33 bits per heavy atom. The summed E-state index contributed by atoms with van der Waals surface area (Å²) in [4.78, 5) is 24.8. The summed E-state index contributed by atoms with van der Waals surface area (Å²) in [6.45, 7) is -0.118. The number of quaternary nitrogens is 1. The van der Waals surface area contributed by atoms with Crippen molar-refractivity contribution in [3.8, 4) is 17.6 Å². The van der Waals surface area contributed by atoms with Gasteiger partial charge in [-0.25, -0.2) is 5.84 Å². The average molecular weight is 561 g/mol. The van der Waals surface area contributed by atoms with Gasteiger partial charge in [0.25, 0.3) is 5.91 Å². The molecule has 0 aliphatic carbocycles. The van der Waals surface area contributed by atoms with E-state index >= 15 is 0 Å². The fourth-order valence-corrected chi connectivity index (χ4v) is 3.05. The standard InChI is InChI=1S/C23H22F6N6O4/c1-38-19-10-15(39-23(27,28)29)6-7-16(19)20(36)33-8-9-35(32)12-17(31)21(37)34-18(11-30)13-2-4-14(5-3-13)22(24,25)26/h2-7,10,12,18H,8-9,31-32H2,1H3,(H,33,36)(H,34,37)/p+1/b17-12-. The van der Waals surface area contributed by atoms with Crippen LogP contribution in [-0.4, -0.2) is 43.4 Å². The first kappa shape index (κ1) is 30.7. The van der Waals surface area contributed by atoms with E-state index in [4.69, 9.17) is 10.6 Å². The lowest BCUT2D eigenvalue weighted by Crippen LogP contribution is -2.56. The maximum atomic E-state index is 12.7. The maximum Gasteiger partial charge on any atom is 0.573 e. The van der Waals surface area contributed by atoms with Crippen molar-refractivity contribution in [3.63, 3.8) is 0 Å². The number of nitrogens with zero attached hydrogens (tertiary/aromatic N) is 2. The van der Waals surface area contributed by atoms with Crippen molar-refractivity contribution >= 4 is 11.8 Å². The van der Waals surface area contributed by atoms with E-state index in [1.807, 2.05) is 0 Å². The highest BCUT2D eigenvalue weighted by atomic mass is 19.4. The molecule has 0 aliphatic rings. The monoisotopic (exact) mass is 561 g/mol. The Morgan fingerprint density at radius 2 is 1.79 bits per heavy atom. The number of carbonyl (C=O) groups is 2. The van der Waals surface area contributed by atoms with Gasteiger partial charge < -0.3 is 30.8 Å². The largest absolute Gasteiger partial charge is 0.573 e. The minimum atomic E-state index is -4.92. The molecular weight excluding hydrogens is 538 g/mol. The molecule has 0 fully saturated rings. The SMILES string of the molecule is COc1cc(OC(F)(F)F)ccc1C(=O)NCCN(N)/C=C(\[NH3+])C(=O)NC(C#N)c1ccc(C(F)(F)F)cc1. The van der Waals surface area contributed by atoms with E-state index in [1.165, 1.54) is 0 Å².